The molecular formula is C17H18N4O3S. The second-order valence-corrected chi connectivity index (χ2v) is 8.09. The Morgan fingerprint density at radius 2 is 1.84 bits per heavy atom. The highest BCUT2D eigenvalue weighted by Crippen LogP contribution is 2.18. The molecule has 0 atom stereocenters. The molecule has 7 nitrogen and oxygen atoms in total. The summed E-state index contributed by atoms with van der Waals surface area (Å²) in [4.78, 5) is 16.9. The fourth-order valence-electron chi connectivity index (χ4n) is 2.43. The summed E-state index contributed by atoms with van der Waals surface area (Å²) in [6, 6.07) is 7.93. The number of amides is 1. The van der Waals surface area contributed by atoms with Gasteiger partial charge in [0.25, 0.3) is 5.91 Å². The second kappa shape index (κ2) is 6.29. The molecule has 2 heterocycles. The summed E-state index contributed by atoms with van der Waals surface area (Å²) in [6.45, 7) is 4.02. The molecule has 0 aliphatic carbocycles. The van der Waals surface area contributed by atoms with E-state index in [-0.39, 0.29) is 16.8 Å². The van der Waals surface area contributed by atoms with Gasteiger partial charge in [-0.25, -0.2) is 18.1 Å². The zero-order valence-corrected chi connectivity index (χ0v) is 14.9. The number of sulfone groups is 1. The Labute approximate surface area is 145 Å². The molecule has 0 aliphatic heterocycles. The van der Waals surface area contributed by atoms with Crippen molar-refractivity contribution in [2.75, 3.05) is 11.6 Å². The lowest BCUT2D eigenvalue weighted by Crippen LogP contribution is -2.12. The predicted molar refractivity (Wildman–Crippen MR) is 95.4 cm³/mol. The smallest absolute Gasteiger partial charge is 0.257 e. The van der Waals surface area contributed by atoms with Crippen LogP contribution in [0.15, 0.2) is 47.6 Å². The van der Waals surface area contributed by atoms with Crippen LogP contribution in [0.25, 0.3) is 11.0 Å². The summed E-state index contributed by atoms with van der Waals surface area (Å²) in [5, 5.41) is 7.79. The monoisotopic (exact) mass is 358 g/mol. The van der Waals surface area contributed by atoms with Gasteiger partial charge >= 0.3 is 0 Å². The molecule has 0 saturated carbocycles. The molecule has 1 aromatic carbocycles. The minimum Gasteiger partial charge on any atom is -0.322 e. The maximum Gasteiger partial charge on any atom is 0.257 e. The summed E-state index contributed by atoms with van der Waals surface area (Å²) in [5.74, 6) is -0.321. The van der Waals surface area contributed by atoms with Crippen LogP contribution in [-0.4, -0.2) is 35.3 Å². The molecule has 0 radical (unpaired) electrons. The number of aromatic nitrogens is 3. The number of hydrogen-bond acceptors (Lipinski definition) is 5. The van der Waals surface area contributed by atoms with E-state index in [1.165, 1.54) is 18.3 Å². The molecule has 0 bridgehead atoms. The third kappa shape index (κ3) is 3.53. The topological polar surface area (TPSA) is 94.0 Å². The number of hydrogen-bond donors (Lipinski definition) is 1. The second-order valence-electron chi connectivity index (χ2n) is 6.07. The van der Waals surface area contributed by atoms with Crippen LogP contribution in [0.2, 0.25) is 0 Å². The number of nitrogens with zero attached hydrogens (tertiary/aromatic N) is 3. The SMILES string of the molecule is CC(C)n1ncc2cc(C(=O)Nc3ccc(S(C)(=O)=O)cc3)cnc21. The van der Waals surface area contributed by atoms with Crippen molar-refractivity contribution < 1.29 is 13.2 Å². The third-order valence-corrected chi connectivity index (χ3v) is 4.85. The van der Waals surface area contributed by atoms with E-state index in [1.54, 1.807) is 29.1 Å². The number of anilines is 1. The van der Waals surface area contributed by atoms with E-state index in [9.17, 15) is 13.2 Å². The van der Waals surface area contributed by atoms with Crippen LogP contribution in [0.4, 0.5) is 5.69 Å². The molecule has 2 aromatic heterocycles. The van der Waals surface area contributed by atoms with Gasteiger partial charge in [0.1, 0.15) is 0 Å². The van der Waals surface area contributed by atoms with Crippen molar-refractivity contribution >= 4 is 32.5 Å². The highest BCUT2D eigenvalue weighted by Gasteiger charge is 2.12. The molecule has 8 heteroatoms. The summed E-state index contributed by atoms with van der Waals surface area (Å²) < 4.78 is 24.7. The van der Waals surface area contributed by atoms with Gasteiger partial charge in [0, 0.05) is 29.6 Å². The van der Waals surface area contributed by atoms with Crippen LogP contribution in [0.5, 0.6) is 0 Å². The van der Waals surface area contributed by atoms with Crippen LogP contribution in [0.3, 0.4) is 0 Å². The molecule has 0 unspecified atom stereocenters. The minimum atomic E-state index is -3.26. The van der Waals surface area contributed by atoms with Crippen LogP contribution in [0, 0.1) is 0 Å². The molecule has 1 amide bonds. The van der Waals surface area contributed by atoms with E-state index in [0.29, 0.717) is 11.3 Å². The van der Waals surface area contributed by atoms with E-state index in [1.807, 2.05) is 13.8 Å². The number of carbonyl (C=O) groups is 1. The third-order valence-electron chi connectivity index (χ3n) is 3.73. The maximum atomic E-state index is 12.4. The van der Waals surface area contributed by atoms with Crippen molar-refractivity contribution in [3.05, 3.63) is 48.3 Å². The van der Waals surface area contributed by atoms with Crippen LogP contribution in [0.1, 0.15) is 30.2 Å². The van der Waals surface area contributed by atoms with Gasteiger partial charge in [-0.2, -0.15) is 5.10 Å². The molecule has 0 aliphatic rings. The standard InChI is InChI=1S/C17H18N4O3S/c1-11(2)21-16-12(10-19-21)8-13(9-18-16)17(22)20-14-4-6-15(7-5-14)25(3,23)24/h4-11H,1-3H3,(H,20,22). The first-order valence-electron chi connectivity index (χ1n) is 7.70. The minimum absolute atomic E-state index is 0.179. The maximum absolute atomic E-state index is 12.4. The summed E-state index contributed by atoms with van der Waals surface area (Å²) in [5.41, 5.74) is 1.64. The lowest BCUT2D eigenvalue weighted by Gasteiger charge is -2.08. The average molecular weight is 358 g/mol. The first-order valence-corrected chi connectivity index (χ1v) is 9.59. The van der Waals surface area contributed by atoms with Crippen molar-refractivity contribution in [3.8, 4) is 0 Å². The molecular weight excluding hydrogens is 340 g/mol. The van der Waals surface area contributed by atoms with E-state index >= 15 is 0 Å². The van der Waals surface area contributed by atoms with Crippen molar-refractivity contribution in [3.63, 3.8) is 0 Å². The van der Waals surface area contributed by atoms with Gasteiger partial charge in [0.15, 0.2) is 15.5 Å². The van der Waals surface area contributed by atoms with Crippen LogP contribution < -0.4 is 5.32 Å². The van der Waals surface area contributed by atoms with Crippen molar-refractivity contribution in [2.45, 2.75) is 24.8 Å². The zero-order chi connectivity index (χ0) is 18.2. The zero-order valence-electron chi connectivity index (χ0n) is 14.1. The van der Waals surface area contributed by atoms with E-state index in [4.69, 9.17) is 0 Å². The molecule has 0 spiro atoms. The van der Waals surface area contributed by atoms with Gasteiger partial charge in [0.2, 0.25) is 0 Å². The van der Waals surface area contributed by atoms with Crippen molar-refractivity contribution in [1.82, 2.24) is 14.8 Å². The van der Waals surface area contributed by atoms with Gasteiger partial charge < -0.3 is 5.32 Å². The largest absolute Gasteiger partial charge is 0.322 e. The van der Waals surface area contributed by atoms with E-state index < -0.39 is 9.84 Å². The van der Waals surface area contributed by atoms with Crippen molar-refractivity contribution in [1.29, 1.82) is 0 Å². The summed E-state index contributed by atoms with van der Waals surface area (Å²) in [6.07, 6.45) is 4.32. The van der Waals surface area contributed by atoms with Crippen LogP contribution >= 0.6 is 0 Å². The number of pyridine rings is 1. The predicted octanol–water partition coefficient (Wildman–Crippen LogP) is 2.67. The van der Waals surface area contributed by atoms with E-state index in [0.717, 1.165) is 17.3 Å². The molecule has 0 fully saturated rings. The Hall–Kier alpha value is -2.74. The molecule has 3 aromatic rings. The molecule has 130 valence electrons. The Morgan fingerprint density at radius 1 is 1.16 bits per heavy atom. The molecule has 3 rings (SSSR count). The highest BCUT2D eigenvalue weighted by molar-refractivity contribution is 7.90. The average Bonchev–Trinajstić information content (AvgIpc) is 2.97. The van der Waals surface area contributed by atoms with Gasteiger partial charge in [-0.05, 0) is 44.2 Å². The Kier molecular flexibility index (Phi) is 4.30. The highest BCUT2D eigenvalue weighted by atomic mass is 32.2. The molecule has 1 N–H and O–H groups in total. The van der Waals surface area contributed by atoms with Crippen molar-refractivity contribution in [2.24, 2.45) is 0 Å². The number of rotatable bonds is 4. The van der Waals surface area contributed by atoms with Gasteiger partial charge in [0.05, 0.1) is 16.7 Å². The quantitative estimate of drug-likeness (QED) is 0.774. The summed E-state index contributed by atoms with van der Waals surface area (Å²) >= 11 is 0. The Balaban J connectivity index is 1.82. The first kappa shape index (κ1) is 17.1. The fourth-order valence-corrected chi connectivity index (χ4v) is 3.06. The van der Waals surface area contributed by atoms with Gasteiger partial charge in [-0.1, -0.05) is 0 Å². The number of carbonyl (C=O) groups excluding carboxylic acids is 1. The number of benzene rings is 1. The van der Waals surface area contributed by atoms with Gasteiger partial charge in [-0.3, -0.25) is 4.79 Å². The molecule has 0 saturated heterocycles. The normalized spacial score (nSPS) is 11.8. The lowest BCUT2D eigenvalue weighted by atomic mass is 10.2. The van der Waals surface area contributed by atoms with E-state index in [2.05, 4.69) is 15.4 Å². The Bertz CT molecular complexity index is 1040. The van der Waals surface area contributed by atoms with Gasteiger partial charge in [-0.15, -0.1) is 0 Å². The molecule has 25 heavy (non-hydrogen) atoms. The summed E-state index contributed by atoms with van der Waals surface area (Å²) in [7, 11) is -3.26. The van der Waals surface area contributed by atoms with Crippen LogP contribution in [-0.2, 0) is 9.84 Å². The first-order chi connectivity index (χ1) is 11.8. The lowest BCUT2D eigenvalue weighted by molar-refractivity contribution is 0.102. The Morgan fingerprint density at radius 3 is 2.44 bits per heavy atom. The fraction of sp³-hybridized carbons (Fsp3) is 0.235. The number of fused-ring (bicyclic) bond motifs is 1. The number of nitrogens with one attached hydrogen (secondary N) is 1.